The summed E-state index contributed by atoms with van der Waals surface area (Å²) >= 11 is 0. The minimum Gasteiger partial charge on any atom is -0.399 e. The van der Waals surface area contributed by atoms with Gasteiger partial charge in [-0.15, -0.1) is 0 Å². The molecule has 0 unspecified atom stereocenters. The molecule has 108 valence electrons. The van der Waals surface area contributed by atoms with Crippen LogP contribution in [0.1, 0.15) is 5.56 Å². The summed E-state index contributed by atoms with van der Waals surface area (Å²) in [5, 5.41) is 5.21. The molecule has 0 atom stereocenters. The minimum absolute atomic E-state index is 0.0826. The van der Waals surface area contributed by atoms with Gasteiger partial charge in [-0.3, -0.25) is 0 Å². The lowest BCUT2D eigenvalue weighted by atomic mass is 10.1. The first-order chi connectivity index (χ1) is 8.62. The summed E-state index contributed by atoms with van der Waals surface area (Å²) in [6.07, 6.45) is 0. The average molecular weight is 286 g/mol. The number of rotatable bonds is 5. The third-order valence-electron chi connectivity index (χ3n) is 2.96. The molecule has 0 saturated carbocycles. The van der Waals surface area contributed by atoms with Gasteiger partial charge in [0, 0.05) is 31.5 Å². The van der Waals surface area contributed by atoms with Crippen LogP contribution in [0.4, 0.5) is 11.4 Å². The summed E-state index contributed by atoms with van der Waals surface area (Å²) in [4.78, 5) is 4.11. The van der Waals surface area contributed by atoms with Crippen molar-refractivity contribution in [3.63, 3.8) is 0 Å². The molecular formula is C12H22N4O2S. The number of nitrogens with two attached hydrogens (primary N) is 2. The van der Waals surface area contributed by atoms with Gasteiger partial charge in [0.25, 0.3) is 0 Å². The second kappa shape index (κ2) is 5.77. The molecule has 19 heavy (non-hydrogen) atoms. The normalized spacial score (nSPS) is 11.9. The number of anilines is 2. The lowest BCUT2D eigenvalue weighted by molar-refractivity contribution is 0.416. The molecule has 0 aromatic heterocycles. The third kappa shape index (κ3) is 4.09. The molecule has 7 heteroatoms. The number of likely N-dealkylation sites (N-methyl/N-ethyl adjacent to an activating group) is 2. The Morgan fingerprint density at radius 3 is 2.21 bits per heavy atom. The second-order valence-corrected chi connectivity index (χ2v) is 6.46. The van der Waals surface area contributed by atoms with Crippen LogP contribution in [0.25, 0.3) is 0 Å². The molecule has 0 amide bonds. The molecule has 0 bridgehead atoms. The highest BCUT2D eigenvalue weighted by Gasteiger charge is 2.17. The van der Waals surface area contributed by atoms with Gasteiger partial charge in [-0.1, -0.05) is 0 Å². The fourth-order valence-electron chi connectivity index (χ4n) is 1.86. The van der Waals surface area contributed by atoms with Gasteiger partial charge in [0.1, 0.15) is 0 Å². The maximum absolute atomic E-state index is 11.5. The predicted molar refractivity (Wildman–Crippen MR) is 78.8 cm³/mol. The summed E-state index contributed by atoms with van der Waals surface area (Å²) in [5.74, 6) is 0. The molecular weight excluding hydrogens is 264 g/mol. The quantitative estimate of drug-likeness (QED) is 0.756. The first kappa shape index (κ1) is 15.7. The first-order valence-electron chi connectivity index (χ1n) is 5.91. The molecule has 0 heterocycles. The largest absolute Gasteiger partial charge is 0.399 e. The van der Waals surface area contributed by atoms with E-state index in [1.54, 1.807) is 13.0 Å². The van der Waals surface area contributed by atoms with Gasteiger partial charge in [0.2, 0.25) is 10.0 Å². The SMILES string of the molecule is Cc1c(N(C)CCN(C)C)cc(N)cc1S(N)(=O)=O. The van der Waals surface area contributed by atoms with Crippen LogP contribution in [0.2, 0.25) is 0 Å². The van der Waals surface area contributed by atoms with E-state index in [4.69, 9.17) is 10.9 Å². The van der Waals surface area contributed by atoms with E-state index in [1.807, 2.05) is 26.0 Å². The Morgan fingerprint density at radius 1 is 1.16 bits per heavy atom. The topological polar surface area (TPSA) is 92.7 Å². The van der Waals surface area contributed by atoms with Crippen molar-refractivity contribution in [2.24, 2.45) is 5.14 Å². The van der Waals surface area contributed by atoms with Crippen molar-refractivity contribution in [1.82, 2.24) is 4.90 Å². The zero-order valence-electron chi connectivity index (χ0n) is 11.8. The Hall–Kier alpha value is -1.31. The van der Waals surface area contributed by atoms with Crippen LogP contribution in [0.15, 0.2) is 17.0 Å². The van der Waals surface area contributed by atoms with Crippen LogP contribution < -0.4 is 15.8 Å². The minimum atomic E-state index is -3.76. The van der Waals surface area contributed by atoms with E-state index in [-0.39, 0.29) is 4.90 Å². The Balaban J connectivity index is 3.18. The van der Waals surface area contributed by atoms with Crippen LogP contribution in [0, 0.1) is 6.92 Å². The molecule has 4 N–H and O–H groups in total. The molecule has 0 saturated heterocycles. The van der Waals surface area contributed by atoms with E-state index >= 15 is 0 Å². The van der Waals surface area contributed by atoms with Gasteiger partial charge in [0.05, 0.1) is 4.90 Å². The zero-order valence-corrected chi connectivity index (χ0v) is 12.7. The molecule has 6 nitrogen and oxygen atoms in total. The van der Waals surface area contributed by atoms with E-state index in [1.165, 1.54) is 6.07 Å². The van der Waals surface area contributed by atoms with E-state index in [2.05, 4.69) is 4.90 Å². The maximum atomic E-state index is 11.5. The van der Waals surface area contributed by atoms with Crippen LogP contribution in [-0.4, -0.2) is 47.6 Å². The summed E-state index contributed by atoms with van der Waals surface area (Å²) in [6.45, 7) is 3.36. The third-order valence-corrected chi connectivity index (χ3v) is 3.99. The van der Waals surface area contributed by atoms with Gasteiger partial charge < -0.3 is 15.5 Å². The van der Waals surface area contributed by atoms with Crippen LogP contribution in [-0.2, 0) is 10.0 Å². The van der Waals surface area contributed by atoms with E-state index < -0.39 is 10.0 Å². The fourth-order valence-corrected chi connectivity index (χ4v) is 2.69. The van der Waals surface area contributed by atoms with Crippen LogP contribution in [0.5, 0.6) is 0 Å². The number of primary sulfonamides is 1. The number of nitrogens with zero attached hydrogens (tertiary/aromatic N) is 2. The first-order valence-corrected chi connectivity index (χ1v) is 7.46. The van der Waals surface area contributed by atoms with Crippen LogP contribution in [0.3, 0.4) is 0 Å². The van der Waals surface area contributed by atoms with Crippen molar-refractivity contribution in [3.8, 4) is 0 Å². The molecule has 0 radical (unpaired) electrons. The highest BCUT2D eigenvalue weighted by molar-refractivity contribution is 7.89. The molecule has 1 aromatic carbocycles. The van der Waals surface area contributed by atoms with Gasteiger partial charge in [0.15, 0.2) is 0 Å². The van der Waals surface area contributed by atoms with Gasteiger partial charge in [-0.25, -0.2) is 13.6 Å². The molecule has 0 aliphatic carbocycles. The monoisotopic (exact) mass is 286 g/mol. The predicted octanol–water partition coefficient (Wildman–Crippen LogP) is 0.222. The van der Waals surface area contributed by atoms with Crippen molar-refractivity contribution in [1.29, 1.82) is 0 Å². The van der Waals surface area contributed by atoms with Gasteiger partial charge in [-0.2, -0.15) is 0 Å². The van der Waals surface area contributed by atoms with Gasteiger partial charge in [-0.05, 0) is 38.7 Å². The average Bonchev–Trinajstić information content (AvgIpc) is 2.27. The summed E-state index contributed by atoms with van der Waals surface area (Å²) in [7, 11) is 2.10. The van der Waals surface area contributed by atoms with E-state index in [9.17, 15) is 8.42 Å². The maximum Gasteiger partial charge on any atom is 0.238 e. The van der Waals surface area contributed by atoms with Crippen molar-refractivity contribution in [2.45, 2.75) is 11.8 Å². The Morgan fingerprint density at radius 2 is 1.74 bits per heavy atom. The number of nitrogen functional groups attached to an aromatic ring is 1. The van der Waals surface area contributed by atoms with Crippen molar-refractivity contribution in [2.75, 3.05) is 44.9 Å². The second-order valence-electron chi connectivity index (χ2n) is 4.93. The molecule has 1 rings (SSSR count). The van der Waals surface area contributed by atoms with E-state index in [0.717, 1.165) is 18.8 Å². The van der Waals surface area contributed by atoms with E-state index in [0.29, 0.717) is 11.3 Å². The zero-order chi connectivity index (χ0) is 14.8. The Bertz CT molecular complexity index is 555. The number of hydrogen-bond acceptors (Lipinski definition) is 5. The Kier molecular flexibility index (Phi) is 4.78. The van der Waals surface area contributed by atoms with Crippen molar-refractivity contribution in [3.05, 3.63) is 17.7 Å². The highest BCUT2D eigenvalue weighted by atomic mass is 32.2. The molecule has 0 spiro atoms. The molecule has 1 aromatic rings. The number of benzene rings is 1. The smallest absolute Gasteiger partial charge is 0.238 e. The summed E-state index contributed by atoms with van der Waals surface area (Å²) < 4.78 is 23.1. The lowest BCUT2D eigenvalue weighted by Crippen LogP contribution is -2.29. The van der Waals surface area contributed by atoms with Gasteiger partial charge >= 0.3 is 0 Å². The van der Waals surface area contributed by atoms with Crippen LogP contribution >= 0.6 is 0 Å². The summed E-state index contributed by atoms with van der Waals surface area (Å²) in [5.41, 5.74) is 7.56. The number of hydrogen-bond donors (Lipinski definition) is 2. The Labute approximate surface area is 115 Å². The molecule has 0 aliphatic heterocycles. The lowest BCUT2D eigenvalue weighted by Gasteiger charge is -2.24. The fraction of sp³-hybridized carbons (Fsp3) is 0.500. The van der Waals surface area contributed by atoms with Crippen molar-refractivity contribution >= 4 is 21.4 Å². The molecule has 0 aliphatic rings. The highest BCUT2D eigenvalue weighted by Crippen LogP contribution is 2.28. The number of sulfonamides is 1. The standard InChI is InChI=1S/C12H22N4O2S/c1-9-11(16(4)6-5-15(2)3)7-10(13)8-12(9)19(14,17)18/h7-8H,5-6,13H2,1-4H3,(H2,14,17,18). The van der Waals surface area contributed by atoms with Crippen molar-refractivity contribution < 1.29 is 8.42 Å². The summed E-state index contributed by atoms with van der Waals surface area (Å²) in [6, 6.07) is 3.16. The molecule has 0 fully saturated rings.